The standard InChI is InChI=1S/C15H13IN2O3/c1-21-14-8-11(4-7-13(14)16)15(20)18-17-9-10-2-5-12(19)6-3-10/h2-9,19H,1H3,(H,18,20)/b17-9-. The number of aromatic hydroxyl groups is 1. The highest BCUT2D eigenvalue weighted by Crippen LogP contribution is 2.21. The van der Waals surface area contributed by atoms with Gasteiger partial charge in [-0.05, 0) is 70.6 Å². The van der Waals surface area contributed by atoms with Crippen molar-refractivity contribution < 1.29 is 14.6 Å². The van der Waals surface area contributed by atoms with Gasteiger partial charge in [-0.15, -0.1) is 0 Å². The number of nitrogens with zero attached hydrogens (tertiary/aromatic N) is 1. The number of benzene rings is 2. The Bertz CT molecular complexity index is 669. The Morgan fingerprint density at radius 2 is 2.00 bits per heavy atom. The van der Waals surface area contributed by atoms with E-state index in [4.69, 9.17) is 9.84 Å². The van der Waals surface area contributed by atoms with Crippen LogP contribution in [-0.2, 0) is 0 Å². The van der Waals surface area contributed by atoms with Crippen LogP contribution in [0.15, 0.2) is 47.6 Å². The molecule has 0 spiro atoms. The van der Waals surface area contributed by atoms with Crippen molar-refractivity contribution in [3.05, 3.63) is 57.2 Å². The molecule has 0 bridgehead atoms. The Labute approximate surface area is 135 Å². The molecular formula is C15H13IN2O3. The van der Waals surface area contributed by atoms with Crippen LogP contribution < -0.4 is 10.2 Å². The van der Waals surface area contributed by atoms with Crippen LogP contribution in [0.3, 0.4) is 0 Å². The highest BCUT2D eigenvalue weighted by molar-refractivity contribution is 14.1. The van der Waals surface area contributed by atoms with E-state index in [0.717, 1.165) is 9.13 Å². The zero-order chi connectivity index (χ0) is 15.2. The maximum atomic E-state index is 11.9. The van der Waals surface area contributed by atoms with Gasteiger partial charge in [-0.3, -0.25) is 4.79 Å². The average Bonchev–Trinajstić information content (AvgIpc) is 2.49. The molecule has 2 aromatic carbocycles. The summed E-state index contributed by atoms with van der Waals surface area (Å²) in [6, 6.07) is 11.7. The van der Waals surface area contributed by atoms with E-state index < -0.39 is 0 Å². The maximum Gasteiger partial charge on any atom is 0.271 e. The second-order valence-corrected chi connectivity index (χ2v) is 5.30. The predicted octanol–water partition coefficient (Wildman–Crippen LogP) is 2.77. The largest absolute Gasteiger partial charge is 0.508 e. The van der Waals surface area contributed by atoms with Crippen molar-refractivity contribution in [2.45, 2.75) is 0 Å². The molecule has 21 heavy (non-hydrogen) atoms. The van der Waals surface area contributed by atoms with Crippen LogP contribution in [0.2, 0.25) is 0 Å². The number of hydrogen-bond donors (Lipinski definition) is 2. The van der Waals surface area contributed by atoms with E-state index in [1.807, 2.05) is 0 Å². The molecule has 5 nitrogen and oxygen atoms in total. The number of ether oxygens (including phenoxy) is 1. The molecule has 0 saturated carbocycles. The van der Waals surface area contributed by atoms with E-state index in [1.54, 1.807) is 49.6 Å². The second kappa shape index (κ2) is 7.07. The number of hydrazone groups is 1. The van der Waals surface area contributed by atoms with Crippen LogP contribution in [0.25, 0.3) is 0 Å². The van der Waals surface area contributed by atoms with Crippen LogP contribution in [0.4, 0.5) is 0 Å². The Morgan fingerprint density at radius 1 is 1.29 bits per heavy atom. The minimum Gasteiger partial charge on any atom is -0.508 e. The van der Waals surface area contributed by atoms with E-state index >= 15 is 0 Å². The molecule has 0 heterocycles. The van der Waals surface area contributed by atoms with Gasteiger partial charge in [0.1, 0.15) is 11.5 Å². The van der Waals surface area contributed by atoms with Crippen molar-refractivity contribution in [3.63, 3.8) is 0 Å². The van der Waals surface area contributed by atoms with Crippen molar-refractivity contribution in [2.75, 3.05) is 7.11 Å². The molecule has 1 amide bonds. The number of phenolic OH excluding ortho intramolecular Hbond substituents is 1. The van der Waals surface area contributed by atoms with Crippen molar-refractivity contribution >= 4 is 34.7 Å². The highest BCUT2D eigenvalue weighted by Gasteiger charge is 2.08. The van der Waals surface area contributed by atoms with Gasteiger partial charge >= 0.3 is 0 Å². The number of carbonyl (C=O) groups excluding carboxylic acids is 1. The Kier molecular flexibility index (Phi) is 5.15. The zero-order valence-electron chi connectivity index (χ0n) is 11.2. The summed E-state index contributed by atoms with van der Waals surface area (Å²) < 4.78 is 6.10. The topological polar surface area (TPSA) is 70.9 Å². The van der Waals surface area contributed by atoms with Crippen molar-refractivity contribution in [3.8, 4) is 11.5 Å². The molecule has 2 aromatic rings. The first kappa shape index (κ1) is 15.3. The molecular weight excluding hydrogens is 383 g/mol. The third-order valence-corrected chi connectivity index (χ3v) is 3.58. The van der Waals surface area contributed by atoms with Crippen LogP contribution in [0.1, 0.15) is 15.9 Å². The van der Waals surface area contributed by atoms with Gasteiger partial charge in [-0.25, -0.2) is 5.43 Å². The van der Waals surface area contributed by atoms with E-state index in [2.05, 4.69) is 33.1 Å². The Hall–Kier alpha value is -2.09. The molecule has 0 fully saturated rings. The van der Waals surface area contributed by atoms with Crippen LogP contribution in [0.5, 0.6) is 11.5 Å². The van der Waals surface area contributed by atoms with E-state index in [1.165, 1.54) is 6.21 Å². The molecule has 2 rings (SSSR count). The molecule has 2 N–H and O–H groups in total. The molecule has 0 saturated heterocycles. The molecule has 0 atom stereocenters. The third-order valence-electron chi connectivity index (χ3n) is 2.69. The molecule has 0 unspecified atom stereocenters. The smallest absolute Gasteiger partial charge is 0.271 e. The fourth-order valence-electron chi connectivity index (χ4n) is 1.59. The second-order valence-electron chi connectivity index (χ2n) is 4.14. The molecule has 0 aliphatic heterocycles. The molecule has 0 aliphatic rings. The summed E-state index contributed by atoms with van der Waals surface area (Å²) in [5.41, 5.74) is 3.68. The van der Waals surface area contributed by atoms with Crippen molar-refractivity contribution in [1.82, 2.24) is 5.43 Å². The first-order valence-electron chi connectivity index (χ1n) is 6.06. The summed E-state index contributed by atoms with van der Waals surface area (Å²) in [4.78, 5) is 11.9. The fourth-order valence-corrected chi connectivity index (χ4v) is 2.15. The lowest BCUT2D eigenvalue weighted by Gasteiger charge is -2.05. The average molecular weight is 396 g/mol. The lowest BCUT2D eigenvalue weighted by Crippen LogP contribution is -2.17. The minimum absolute atomic E-state index is 0.183. The van der Waals surface area contributed by atoms with E-state index in [0.29, 0.717) is 11.3 Å². The monoisotopic (exact) mass is 396 g/mol. The zero-order valence-corrected chi connectivity index (χ0v) is 13.4. The van der Waals surface area contributed by atoms with Gasteiger partial charge < -0.3 is 9.84 Å². The molecule has 108 valence electrons. The number of phenols is 1. The third kappa shape index (κ3) is 4.19. The summed E-state index contributed by atoms with van der Waals surface area (Å²) in [5.74, 6) is 0.507. The van der Waals surface area contributed by atoms with Gasteiger partial charge in [0.05, 0.1) is 16.9 Å². The van der Waals surface area contributed by atoms with E-state index in [9.17, 15) is 4.79 Å². The summed E-state index contributed by atoms with van der Waals surface area (Å²) in [6.45, 7) is 0. The lowest BCUT2D eigenvalue weighted by molar-refractivity contribution is 0.0954. The van der Waals surface area contributed by atoms with E-state index in [-0.39, 0.29) is 11.7 Å². The number of amides is 1. The highest BCUT2D eigenvalue weighted by atomic mass is 127. The number of halogens is 1. The first-order valence-corrected chi connectivity index (χ1v) is 7.14. The molecule has 0 aromatic heterocycles. The maximum absolute atomic E-state index is 11.9. The number of nitrogens with one attached hydrogen (secondary N) is 1. The van der Waals surface area contributed by atoms with Crippen molar-refractivity contribution in [2.24, 2.45) is 5.10 Å². The Balaban J connectivity index is 2.03. The van der Waals surface area contributed by atoms with Crippen LogP contribution in [0, 0.1) is 3.57 Å². The van der Waals surface area contributed by atoms with Crippen molar-refractivity contribution in [1.29, 1.82) is 0 Å². The lowest BCUT2D eigenvalue weighted by atomic mass is 10.2. The number of hydrogen-bond acceptors (Lipinski definition) is 4. The van der Waals surface area contributed by atoms with Gasteiger partial charge in [0.15, 0.2) is 0 Å². The SMILES string of the molecule is COc1cc(C(=O)N/N=C\c2ccc(O)cc2)ccc1I. The Morgan fingerprint density at radius 3 is 2.67 bits per heavy atom. The van der Waals surface area contributed by atoms with Gasteiger partial charge in [-0.2, -0.15) is 5.10 Å². The minimum atomic E-state index is -0.320. The number of carbonyl (C=O) groups is 1. The summed E-state index contributed by atoms with van der Waals surface area (Å²) in [5, 5.41) is 13.0. The summed E-state index contributed by atoms with van der Waals surface area (Å²) >= 11 is 2.13. The first-order chi connectivity index (χ1) is 10.1. The summed E-state index contributed by atoms with van der Waals surface area (Å²) in [6.07, 6.45) is 1.50. The molecule has 0 aliphatic carbocycles. The van der Waals surface area contributed by atoms with Gasteiger partial charge in [0, 0.05) is 5.56 Å². The molecule has 6 heteroatoms. The molecule has 0 radical (unpaired) electrons. The normalized spacial score (nSPS) is 10.6. The summed E-state index contributed by atoms with van der Waals surface area (Å²) in [7, 11) is 1.56. The number of rotatable bonds is 4. The van der Waals surface area contributed by atoms with Crippen LogP contribution in [-0.4, -0.2) is 24.3 Å². The predicted molar refractivity (Wildman–Crippen MR) is 88.9 cm³/mol. The van der Waals surface area contributed by atoms with Gasteiger partial charge in [-0.1, -0.05) is 0 Å². The number of methoxy groups -OCH3 is 1. The van der Waals surface area contributed by atoms with Gasteiger partial charge in [0.25, 0.3) is 5.91 Å². The van der Waals surface area contributed by atoms with Gasteiger partial charge in [0.2, 0.25) is 0 Å². The fraction of sp³-hybridized carbons (Fsp3) is 0.0667. The van der Waals surface area contributed by atoms with Crippen LogP contribution >= 0.6 is 22.6 Å². The quantitative estimate of drug-likeness (QED) is 0.475.